The molecule has 2 rings (SSSR count). The average molecular weight is 258 g/mol. The van der Waals surface area contributed by atoms with E-state index in [0.29, 0.717) is 0 Å². The summed E-state index contributed by atoms with van der Waals surface area (Å²) in [6, 6.07) is 6.58. The van der Waals surface area contributed by atoms with Crippen LogP contribution in [0.2, 0.25) is 0 Å². The number of hydrogen-bond acceptors (Lipinski definition) is 3. The molecular weight excluding hydrogens is 236 g/mol. The van der Waals surface area contributed by atoms with Gasteiger partial charge in [-0.1, -0.05) is 12.5 Å². The van der Waals surface area contributed by atoms with Crippen molar-refractivity contribution in [1.29, 1.82) is 5.26 Å². The Hall–Kier alpha value is -1.53. The largest absolute Gasteiger partial charge is 0.496 e. The van der Waals surface area contributed by atoms with Gasteiger partial charge < -0.3 is 10.1 Å². The first kappa shape index (κ1) is 13.9. The second-order valence-corrected chi connectivity index (χ2v) is 5.53. The molecule has 3 heteroatoms. The second-order valence-electron chi connectivity index (χ2n) is 5.53. The van der Waals surface area contributed by atoms with Crippen molar-refractivity contribution in [2.24, 2.45) is 5.41 Å². The van der Waals surface area contributed by atoms with Crippen molar-refractivity contribution in [3.05, 3.63) is 28.8 Å². The highest BCUT2D eigenvalue weighted by Crippen LogP contribution is 2.39. The first-order valence-corrected chi connectivity index (χ1v) is 6.87. The summed E-state index contributed by atoms with van der Waals surface area (Å²) in [5.74, 6) is 0.939. The topological polar surface area (TPSA) is 45.0 Å². The summed E-state index contributed by atoms with van der Waals surface area (Å²) in [6.07, 6.45) is 3.27. The summed E-state index contributed by atoms with van der Waals surface area (Å²) in [5.41, 5.74) is 3.65. The SMILES string of the molecule is COc1ccc(CNCC2(C#N)CCC2)c(C)c1C. The highest BCUT2D eigenvalue weighted by atomic mass is 16.5. The van der Waals surface area contributed by atoms with Crippen LogP contribution in [0.3, 0.4) is 0 Å². The standard InChI is InChI=1S/C16H22N2O/c1-12-13(2)15(19-3)6-5-14(12)9-18-11-16(10-17)7-4-8-16/h5-6,18H,4,7-9,11H2,1-3H3. The Morgan fingerprint density at radius 2 is 2.05 bits per heavy atom. The minimum atomic E-state index is -0.102. The van der Waals surface area contributed by atoms with Crippen LogP contribution in [0.15, 0.2) is 12.1 Å². The molecule has 102 valence electrons. The van der Waals surface area contributed by atoms with Gasteiger partial charge in [-0.15, -0.1) is 0 Å². The molecule has 1 fully saturated rings. The van der Waals surface area contributed by atoms with E-state index < -0.39 is 0 Å². The maximum absolute atomic E-state index is 9.19. The first-order chi connectivity index (χ1) is 9.12. The number of hydrogen-bond donors (Lipinski definition) is 1. The van der Waals surface area contributed by atoms with Crippen molar-refractivity contribution in [1.82, 2.24) is 5.32 Å². The molecule has 0 amide bonds. The summed E-state index contributed by atoms with van der Waals surface area (Å²) >= 11 is 0. The fourth-order valence-electron chi connectivity index (χ4n) is 2.63. The Morgan fingerprint density at radius 1 is 1.32 bits per heavy atom. The van der Waals surface area contributed by atoms with E-state index in [1.807, 2.05) is 6.07 Å². The van der Waals surface area contributed by atoms with Gasteiger partial charge in [-0.05, 0) is 49.4 Å². The fraction of sp³-hybridized carbons (Fsp3) is 0.562. The molecule has 0 heterocycles. The van der Waals surface area contributed by atoms with Gasteiger partial charge in [-0.2, -0.15) is 5.26 Å². The van der Waals surface area contributed by atoms with Crippen molar-refractivity contribution in [2.45, 2.75) is 39.7 Å². The van der Waals surface area contributed by atoms with E-state index in [1.165, 1.54) is 23.1 Å². The van der Waals surface area contributed by atoms with Crippen LogP contribution in [-0.4, -0.2) is 13.7 Å². The van der Waals surface area contributed by atoms with Gasteiger partial charge in [0.05, 0.1) is 18.6 Å². The molecule has 3 nitrogen and oxygen atoms in total. The number of rotatable bonds is 5. The lowest BCUT2D eigenvalue weighted by Gasteiger charge is -2.35. The third-order valence-electron chi connectivity index (χ3n) is 4.40. The van der Waals surface area contributed by atoms with Gasteiger partial charge in [0.2, 0.25) is 0 Å². The van der Waals surface area contributed by atoms with E-state index in [0.717, 1.165) is 31.7 Å². The fourth-order valence-corrected chi connectivity index (χ4v) is 2.63. The van der Waals surface area contributed by atoms with E-state index in [-0.39, 0.29) is 5.41 Å². The molecule has 1 N–H and O–H groups in total. The van der Waals surface area contributed by atoms with Crippen LogP contribution in [0.25, 0.3) is 0 Å². The van der Waals surface area contributed by atoms with Gasteiger partial charge in [-0.25, -0.2) is 0 Å². The molecule has 1 aromatic carbocycles. The van der Waals surface area contributed by atoms with Crippen molar-refractivity contribution in [3.63, 3.8) is 0 Å². The van der Waals surface area contributed by atoms with Gasteiger partial charge in [0.15, 0.2) is 0 Å². The van der Waals surface area contributed by atoms with Crippen LogP contribution in [0.5, 0.6) is 5.75 Å². The minimum absolute atomic E-state index is 0.102. The van der Waals surface area contributed by atoms with Crippen LogP contribution < -0.4 is 10.1 Å². The maximum atomic E-state index is 9.19. The van der Waals surface area contributed by atoms with Gasteiger partial charge in [0, 0.05) is 13.1 Å². The zero-order valence-corrected chi connectivity index (χ0v) is 12.0. The van der Waals surface area contributed by atoms with Crippen LogP contribution >= 0.6 is 0 Å². The molecule has 1 aliphatic carbocycles. The first-order valence-electron chi connectivity index (χ1n) is 6.87. The van der Waals surface area contributed by atoms with E-state index in [2.05, 4.69) is 31.3 Å². The molecule has 0 aliphatic heterocycles. The highest BCUT2D eigenvalue weighted by Gasteiger charge is 2.36. The summed E-state index contributed by atoms with van der Waals surface area (Å²) in [4.78, 5) is 0. The molecule has 0 unspecified atom stereocenters. The summed E-state index contributed by atoms with van der Waals surface area (Å²) in [6.45, 7) is 5.83. The zero-order chi connectivity index (χ0) is 13.9. The molecule has 0 atom stereocenters. The van der Waals surface area contributed by atoms with Crippen LogP contribution in [0, 0.1) is 30.6 Å². The number of nitriles is 1. The molecule has 19 heavy (non-hydrogen) atoms. The van der Waals surface area contributed by atoms with Crippen LogP contribution in [-0.2, 0) is 6.54 Å². The summed E-state index contributed by atoms with van der Waals surface area (Å²) in [5, 5.41) is 12.6. The number of ether oxygens (including phenoxy) is 1. The van der Waals surface area contributed by atoms with E-state index in [1.54, 1.807) is 7.11 Å². The Balaban J connectivity index is 1.97. The monoisotopic (exact) mass is 258 g/mol. The van der Waals surface area contributed by atoms with Crippen molar-refractivity contribution in [2.75, 3.05) is 13.7 Å². The lowest BCUT2D eigenvalue weighted by molar-refractivity contribution is 0.206. The number of nitrogens with one attached hydrogen (secondary N) is 1. The predicted molar refractivity (Wildman–Crippen MR) is 76.1 cm³/mol. The Morgan fingerprint density at radius 3 is 2.58 bits per heavy atom. The van der Waals surface area contributed by atoms with Crippen LogP contribution in [0.4, 0.5) is 0 Å². The molecule has 0 saturated heterocycles. The van der Waals surface area contributed by atoms with Crippen molar-refractivity contribution < 1.29 is 4.74 Å². The minimum Gasteiger partial charge on any atom is -0.496 e. The quantitative estimate of drug-likeness (QED) is 0.882. The lowest BCUT2D eigenvalue weighted by atomic mass is 9.70. The molecular formula is C16H22N2O. The van der Waals surface area contributed by atoms with E-state index in [9.17, 15) is 5.26 Å². The third-order valence-corrected chi connectivity index (χ3v) is 4.40. The van der Waals surface area contributed by atoms with Gasteiger partial charge in [0.25, 0.3) is 0 Å². The van der Waals surface area contributed by atoms with Crippen LogP contribution in [0.1, 0.15) is 36.0 Å². The van der Waals surface area contributed by atoms with Gasteiger partial charge in [0.1, 0.15) is 5.75 Å². The Kier molecular flexibility index (Phi) is 4.11. The number of benzene rings is 1. The van der Waals surface area contributed by atoms with Crippen molar-refractivity contribution in [3.8, 4) is 11.8 Å². The Bertz CT molecular complexity index is 498. The molecule has 1 saturated carbocycles. The normalized spacial score (nSPS) is 16.5. The molecule has 0 bridgehead atoms. The molecule has 0 aromatic heterocycles. The zero-order valence-electron chi connectivity index (χ0n) is 12.0. The molecule has 0 radical (unpaired) electrons. The second kappa shape index (κ2) is 5.63. The highest BCUT2D eigenvalue weighted by molar-refractivity contribution is 5.43. The number of nitrogens with zero attached hydrogens (tertiary/aromatic N) is 1. The van der Waals surface area contributed by atoms with Gasteiger partial charge in [-0.3, -0.25) is 0 Å². The Labute approximate surface area is 115 Å². The van der Waals surface area contributed by atoms with E-state index >= 15 is 0 Å². The lowest BCUT2D eigenvalue weighted by Crippen LogP contribution is -2.38. The molecule has 0 spiro atoms. The number of methoxy groups -OCH3 is 1. The summed E-state index contributed by atoms with van der Waals surface area (Å²) < 4.78 is 5.32. The average Bonchev–Trinajstić information content (AvgIpc) is 2.38. The maximum Gasteiger partial charge on any atom is 0.122 e. The van der Waals surface area contributed by atoms with Crippen molar-refractivity contribution >= 4 is 0 Å². The predicted octanol–water partition coefficient (Wildman–Crippen LogP) is 3.10. The van der Waals surface area contributed by atoms with Gasteiger partial charge >= 0.3 is 0 Å². The van der Waals surface area contributed by atoms with E-state index in [4.69, 9.17) is 4.74 Å². The molecule has 1 aliphatic rings. The third kappa shape index (κ3) is 2.74. The smallest absolute Gasteiger partial charge is 0.122 e. The molecule has 1 aromatic rings. The summed E-state index contributed by atoms with van der Waals surface area (Å²) in [7, 11) is 1.70.